The monoisotopic (exact) mass is 397 g/mol. The number of thiophene rings is 1. The van der Waals surface area contributed by atoms with Crippen molar-refractivity contribution in [3.05, 3.63) is 69.2 Å². The maximum Gasteiger partial charge on any atom is 0.272 e. The van der Waals surface area contributed by atoms with E-state index in [0.717, 1.165) is 15.6 Å². The highest BCUT2D eigenvalue weighted by Crippen LogP contribution is 2.30. The summed E-state index contributed by atoms with van der Waals surface area (Å²) in [6.45, 7) is 3.52. The van der Waals surface area contributed by atoms with Gasteiger partial charge in [-0.2, -0.15) is 0 Å². The highest BCUT2D eigenvalue weighted by atomic mass is 35.5. The normalized spacial score (nSPS) is 11.2. The first kappa shape index (κ1) is 17.7. The maximum atomic E-state index is 13.0. The van der Waals surface area contributed by atoms with Gasteiger partial charge in [0.05, 0.1) is 5.52 Å². The van der Waals surface area contributed by atoms with Gasteiger partial charge in [0.25, 0.3) is 5.56 Å². The number of fused-ring (bicyclic) bond motifs is 3. The molecule has 7 heteroatoms. The number of amides is 1. The molecular weight excluding hydrogens is 382 g/mol. The van der Waals surface area contributed by atoms with E-state index in [0.29, 0.717) is 26.8 Å². The molecule has 0 saturated heterocycles. The topological polar surface area (TPSA) is 64.0 Å². The van der Waals surface area contributed by atoms with Crippen molar-refractivity contribution in [2.75, 3.05) is 5.32 Å². The van der Waals surface area contributed by atoms with Crippen molar-refractivity contribution < 1.29 is 4.79 Å². The van der Waals surface area contributed by atoms with E-state index >= 15 is 0 Å². The summed E-state index contributed by atoms with van der Waals surface area (Å²) in [7, 11) is 0. The molecule has 0 aliphatic heterocycles. The molecule has 4 rings (SSSR count). The minimum atomic E-state index is -0.298. The van der Waals surface area contributed by atoms with E-state index in [1.807, 2.05) is 37.3 Å². The van der Waals surface area contributed by atoms with Crippen molar-refractivity contribution in [1.82, 2.24) is 9.55 Å². The summed E-state index contributed by atoms with van der Waals surface area (Å²) < 4.78 is 2.98. The van der Waals surface area contributed by atoms with Crippen LogP contribution in [0.15, 0.2) is 47.3 Å². The summed E-state index contributed by atoms with van der Waals surface area (Å²) in [4.78, 5) is 30.1. The average molecular weight is 398 g/mol. The SMILES string of the molecule is Cc1ccc(Cl)cc1NC(=O)Cn1c(C)nc2c(sc3ccccc32)c1=O. The number of aromatic nitrogens is 2. The van der Waals surface area contributed by atoms with E-state index in [2.05, 4.69) is 10.3 Å². The summed E-state index contributed by atoms with van der Waals surface area (Å²) in [6, 6.07) is 13.1. The number of halogens is 1. The lowest BCUT2D eigenvalue weighted by Gasteiger charge is -2.12. The number of anilines is 1. The Morgan fingerprint density at radius 3 is 2.81 bits per heavy atom. The minimum absolute atomic E-state index is 0.103. The first-order chi connectivity index (χ1) is 12.9. The van der Waals surface area contributed by atoms with Gasteiger partial charge < -0.3 is 5.32 Å². The van der Waals surface area contributed by atoms with Crippen LogP contribution in [0.5, 0.6) is 0 Å². The zero-order valence-corrected chi connectivity index (χ0v) is 16.3. The van der Waals surface area contributed by atoms with Gasteiger partial charge in [-0.15, -0.1) is 11.3 Å². The molecule has 27 heavy (non-hydrogen) atoms. The molecule has 0 bridgehead atoms. The summed E-state index contributed by atoms with van der Waals surface area (Å²) >= 11 is 7.40. The zero-order valence-electron chi connectivity index (χ0n) is 14.7. The van der Waals surface area contributed by atoms with Crippen LogP contribution in [0.3, 0.4) is 0 Å². The van der Waals surface area contributed by atoms with Gasteiger partial charge in [-0.1, -0.05) is 35.9 Å². The number of carbonyl (C=O) groups is 1. The van der Waals surface area contributed by atoms with E-state index in [4.69, 9.17) is 11.6 Å². The van der Waals surface area contributed by atoms with Crippen molar-refractivity contribution in [3.63, 3.8) is 0 Å². The molecule has 0 spiro atoms. The molecule has 0 unspecified atom stereocenters. The molecule has 0 atom stereocenters. The highest BCUT2D eigenvalue weighted by molar-refractivity contribution is 7.25. The molecule has 4 aromatic rings. The van der Waals surface area contributed by atoms with Gasteiger partial charge >= 0.3 is 0 Å². The van der Waals surface area contributed by atoms with Gasteiger partial charge in [-0.05, 0) is 37.6 Å². The molecule has 2 aromatic heterocycles. The Balaban J connectivity index is 1.71. The summed E-state index contributed by atoms with van der Waals surface area (Å²) in [5, 5.41) is 4.32. The molecule has 136 valence electrons. The number of aryl methyl sites for hydroxylation is 2. The standard InChI is InChI=1S/C20H16ClN3O2S/c1-11-7-8-13(21)9-15(11)23-17(25)10-24-12(2)22-18-14-5-3-4-6-16(14)27-19(18)20(24)26/h3-9H,10H2,1-2H3,(H,23,25). The smallest absolute Gasteiger partial charge is 0.272 e. The van der Waals surface area contributed by atoms with E-state index < -0.39 is 0 Å². The van der Waals surface area contributed by atoms with Crippen LogP contribution in [0, 0.1) is 13.8 Å². The molecule has 0 aliphatic carbocycles. The quantitative estimate of drug-likeness (QED) is 0.552. The minimum Gasteiger partial charge on any atom is -0.324 e. The van der Waals surface area contributed by atoms with E-state index in [-0.39, 0.29) is 18.0 Å². The molecule has 1 N–H and O–H groups in total. The summed E-state index contributed by atoms with van der Waals surface area (Å²) in [5.74, 6) is 0.210. The van der Waals surface area contributed by atoms with Crippen molar-refractivity contribution in [2.24, 2.45) is 0 Å². The van der Waals surface area contributed by atoms with Crippen LogP contribution in [0.25, 0.3) is 20.3 Å². The van der Waals surface area contributed by atoms with Crippen LogP contribution < -0.4 is 10.9 Å². The molecule has 1 amide bonds. The van der Waals surface area contributed by atoms with Gasteiger partial charge in [0.15, 0.2) is 0 Å². The fraction of sp³-hybridized carbons (Fsp3) is 0.150. The van der Waals surface area contributed by atoms with Gasteiger partial charge in [-0.25, -0.2) is 4.98 Å². The molecule has 0 radical (unpaired) electrons. The van der Waals surface area contributed by atoms with Crippen LogP contribution in [-0.2, 0) is 11.3 Å². The predicted molar refractivity (Wildman–Crippen MR) is 111 cm³/mol. The molecule has 2 heterocycles. The Hall–Kier alpha value is -2.70. The number of hydrogen-bond acceptors (Lipinski definition) is 4. The van der Waals surface area contributed by atoms with Crippen molar-refractivity contribution in [1.29, 1.82) is 0 Å². The molecule has 2 aromatic carbocycles. The number of nitrogens with zero attached hydrogens (tertiary/aromatic N) is 2. The van der Waals surface area contributed by atoms with Crippen molar-refractivity contribution >= 4 is 54.8 Å². The van der Waals surface area contributed by atoms with Crippen LogP contribution in [0.2, 0.25) is 5.02 Å². The van der Waals surface area contributed by atoms with Crippen LogP contribution in [-0.4, -0.2) is 15.5 Å². The second-order valence-electron chi connectivity index (χ2n) is 6.33. The maximum absolute atomic E-state index is 13.0. The average Bonchev–Trinajstić information content (AvgIpc) is 3.01. The first-order valence-electron chi connectivity index (χ1n) is 8.39. The number of hydrogen-bond donors (Lipinski definition) is 1. The Bertz CT molecular complexity index is 1260. The fourth-order valence-electron chi connectivity index (χ4n) is 3.03. The number of benzene rings is 2. The first-order valence-corrected chi connectivity index (χ1v) is 9.58. The summed E-state index contributed by atoms with van der Waals surface area (Å²) in [5.41, 5.74) is 2.03. The zero-order chi connectivity index (χ0) is 19.1. The van der Waals surface area contributed by atoms with Crippen LogP contribution in [0.4, 0.5) is 5.69 Å². The van der Waals surface area contributed by atoms with Gasteiger partial charge in [0.2, 0.25) is 5.91 Å². The summed E-state index contributed by atoms with van der Waals surface area (Å²) in [6.07, 6.45) is 0. The van der Waals surface area contributed by atoms with Gasteiger partial charge in [0.1, 0.15) is 17.1 Å². The number of carbonyl (C=O) groups excluding carboxylic acids is 1. The highest BCUT2D eigenvalue weighted by Gasteiger charge is 2.16. The second-order valence-corrected chi connectivity index (χ2v) is 7.82. The third kappa shape index (κ3) is 3.22. The molecule has 5 nitrogen and oxygen atoms in total. The van der Waals surface area contributed by atoms with E-state index in [1.54, 1.807) is 19.1 Å². The Labute approximate surface area is 164 Å². The third-order valence-corrected chi connectivity index (χ3v) is 5.83. The number of nitrogens with one attached hydrogen (secondary N) is 1. The van der Waals surface area contributed by atoms with E-state index in [1.165, 1.54) is 15.9 Å². The molecular formula is C20H16ClN3O2S. The largest absolute Gasteiger partial charge is 0.324 e. The number of rotatable bonds is 3. The lowest BCUT2D eigenvalue weighted by Crippen LogP contribution is -2.29. The van der Waals surface area contributed by atoms with Gasteiger partial charge in [0, 0.05) is 20.8 Å². The molecule has 0 fully saturated rings. The van der Waals surface area contributed by atoms with Crippen molar-refractivity contribution in [2.45, 2.75) is 20.4 Å². The molecule has 0 aliphatic rings. The second kappa shape index (κ2) is 6.79. The van der Waals surface area contributed by atoms with Crippen LogP contribution >= 0.6 is 22.9 Å². The van der Waals surface area contributed by atoms with E-state index in [9.17, 15) is 9.59 Å². The predicted octanol–water partition coefficient (Wildman–Crippen LogP) is 4.52. The fourth-order valence-corrected chi connectivity index (χ4v) is 4.29. The lowest BCUT2D eigenvalue weighted by atomic mass is 10.2. The lowest BCUT2D eigenvalue weighted by molar-refractivity contribution is -0.116. The Kier molecular flexibility index (Phi) is 4.45. The van der Waals surface area contributed by atoms with Gasteiger partial charge in [-0.3, -0.25) is 14.2 Å². The third-order valence-electron chi connectivity index (χ3n) is 4.45. The molecule has 0 saturated carbocycles. The van der Waals surface area contributed by atoms with Crippen LogP contribution in [0.1, 0.15) is 11.4 Å². The van der Waals surface area contributed by atoms with Crippen molar-refractivity contribution in [3.8, 4) is 0 Å². The Morgan fingerprint density at radius 2 is 2.00 bits per heavy atom. The Morgan fingerprint density at radius 1 is 1.22 bits per heavy atom.